The number of carbonyl (C=O) groups excluding carboxylic acids is 1. The number of nitrogens with zero attached hydrogens (tertiary/aromatic N) is 1. The van der Waals surface area contributed by atoms with Crippen molar-refractivity contribution in [3.8, 4) is 0 Å². The van der Waals surface area contributed by atoms with Crippen LogP contribution in [0.1, 0.15) is 51.6 Å². The molecule has 1 aromatic heterocycles. The Morgan fingerprint density at radius 1 is 1.30 bits per heavy atom. The summed E-state index contributed by atoms with van der Waals surface area (Å²) in [6.07, 6.45) is 2.44. The largest absolute Gasteiger partial charge is 0.348 e. The number of amides is 1. The van der Waals surface area contributed by atoms with E-state index < -0.39 is 0 Å². The molecule has 1 amide bonds. The Labute approximate surface area is 136 Å². The van der Waals surface area contributed by atoms with Gasteiger partial charge in [-0.15, -0.1) is 0 Å². The number of carbonyl (C=O) groups is 1. The lowest BCUT2D eigenvalue weighted by molar-refractivity contribution is 0.0951. The van der Waals surface area contributed by atoms with Gasteiger partial charge in [0.25, 0.3) is 5.91 Å². The maximum Gasteiger partial charge on any atom is 0.251 e. The Balaban J connectivity index is 1.61. The second kappa shape index (κ2) is 6.96. The first kappa shape index (κ1) is 15.7. The number of aryl methyl sites for hydroxylation is 2. The van der Waals surface area contributed by atoms with Gasteiger partial charge in [0.1, 0.15) is 0 Å². The molecule has 0 aliphatic carbocycles. The van der Waals surface area contributed by atoms with Crippen LogP contribution in [0.25, 0.3) is 0 Å². The number of nitrogens with one attached hydrogen (secondary N) is 3. The third-order valence-electron chi connectivity index (χ3n) is 4.65. The van der Waals surface area contributed by atoms with Crippen LogP contribution in [0.4, 0.5) is 0 Å². The monoisotopic (exact) mass is 312 g/mol. The van der Waals surface area contributed by atoms with E-state index in [2.05, 4.69) is 33.0 Å². The molecule has 2 aromatic rings. The predicted octanol–water partition coefficient (Wildman–Crippen LogP) is 2.42. The molecule has 1 aliphatic heterocycles. The van der Waals surface area contributed by atoms with Gasteiger partial charge in [-0.25, -0.2) is 0 Å². The molecule has 0 spiro atoms. The van der Waals surface area contributed by atoms with Crippen molar-refractivity contribution in [1.82, 2.24) is 20.8 Å². The molecule has 5 nitrogen and oxygen atoms in total. The number of hydrogen-bond donors (Lipinski definition) is 3. The highest BCUT2D eigenvalue weighted by Crippen LogP contribution is 2.23. The minimum absolute atomic E-state index is 0.0432. The third kappa shape index (κ3) is 3.62. The highest BCUT2D eigenvalue weighted by atomic mass is 16.1. The number of benzene rings is 1. The summed E-state index contributed by atoms with van der Waals surface area (Å²) in [5.41, 5.74) is 5.01. The van der Waals surface area contributed by atoms with Crippen LogP contribution in [-0.4, -0.2) is 29.2 Å². The van der Waals surface area contributed by atoms with Crippen molar-refractivity contribution in [1.29, 1.82) is 0 Å². The highest BCUT2D eigenvalue weighted by molar-refractivity contribution is 5.94. The molecule has 1 atom stereocenters. The molecule has 0 radical (unpaired) electrons. The van der Waals surface area contributed by atoms with Crippen LogP contribution in [0.2, 0.25) is 0 Å². The van der Waals surface area contributed by atoms with E-state index in [0.29, 0.717) is 18.0 Å². The average molecular weight is 312 g/mol. The fourth-order valence-corrected chi connectivity index (χ4v) is 3.15. The van der Waals surface area contributed by atoms with Crippen molar-refractivity contribution < 1.29 is 4.79 Å². The van der Waals surface area contributed by atoms with Crippen molar-refractivity contribution in [3.05, 3.63) is 52.3 Å². The van der Waals surface area contributed by atoms with Gasteiger partial charge in [-0.2, -0.15) is 5.10 Å². The average Bonchev–Trinajstić information content (AvgIpc) is 2.92. The standard InChI is InChI=1S/C18H24N4O/c1-12-17(13(2)22-21-12)11-20-18(23)15-7-5-14(6-8-15)16-4-3-9-19-10-16/h5-8,16,19H,3-4,9-11H2,1-2H3,(H,20,23)(H,21,22)/t16-/m1/s1. The van der Waals surface area contributed by atoms with Gasteiger partial charge in [0.2, 0.25) is 0 Å². The van der Waals surface area contributed by atoms with E-state index in [9.17, 15) is 4.79 Å². The molecule has 122 valence electrons. The van der Waals surface area contributed by atoms with Crippen LogP contribution < -0.4 is 10.6 Å². The third-order valence-corrected chi connectivity index (χ3v) is 4.65. The van der Waals surface area contributed by atoms with Crippen molar-refractivity contribution in [3.63, 3.8) is 0 Å². The number of aromatic nitrogens is 2. The minimum Gasteiger partial charge on any atom is -0.348 e. The van der Waals surface area contributed by atoms with Crippen LogP contribution in [-0.2, 0) is 6.54 Å². The zero-order chi connectivity index (χ0) is 16.2. The maximum atomic E-state index is 12.3. The van der Waals surface area contributed by atoms with Crippen LogP contribution in [0.3, 0.4) is 0 Å². The molecule has 3 N–H and O–H groups in total. The van der Waals surface area contributed by atoms with Crippen molar-refractivity contribution in [2.45, 2.75) is 39.2 Å². The van der Waals surface area contributed by atoms with Gasteiger partial charge < -0.3 is 10.6 Å². The molecule has 1 fully saturated rings. The number of aromatic amines is 1. The number of rotatable bonds is 4. The molecule has 1 saturated heterocycles. The second-order valence-corrected chi connectivity index (χ2v) is 6.26. The Hall–Kier alpha value is -2.14. The minimum atomic E-state index is -0.0432. The first-order valence-electron chi connectivity index (χ1n) is 8.24. The van der Waals surface area contributed by atoms with E-state index in [4.69, 9.17) is 0 Å². The molecule has 1 aliphatic rings. The molecular formula is C18H24N4O. The lowest BCUT2D eigenvalue weighted by atomic mass is 9.91. The summed E-state index contributed by atoms with van der Waals surface area (Å²) in [6, 6.07) is 8.02. The summed E-state index contributed by atoms with van der Waals surface area (Å²) in [7, 11) is 0. The normalized spacial score (nSPS) is 17.9. The molecule has 1 aromatic carbocycles. The Bertz CT molecular complexity index is 649. The Morgan fingerprint density at radius 3 is 2.70 bits per heavy atom. The van der Waals surface area contributed by atoms with E-state index in [1.54, 1.807) is 0 Å². The summed E-state index contributed by atoms with van der Waals surface area (Å²) in [4.78, 5) is 12.3. The lowest BCUT2D eigenvalue weighted by Crippen LogP contribution is -2.28. The van der Waals surface area contributed by atoms with Gasteiger partial charge >= 0.3 is 0 Å². The highest BCUT2D eigenvalue weighted by Gasteiger charge is 2.15. The molecule has 2 heterocycles. The van der Waals surface area contributed by atoms with Crippen LogP contribution in [0, 0.1) is 13.8 Å². The smallest absolute Gasteiger partial charge is 0.251 e. The van der Waals surface area contributed by atoms with E-state index in [1.807, 2.05) is 26.0 Å². The summed E-state index contributed by atoms with van der Waals surface area (Å²) in [6.45, 7) is 6.56. The topological polar surface area (TPSA) is 69.8 Å². The number of piperidine rings is 1. The Morgan fingerprint density at radius 2 is 2.09 bits per heavy atom. The van der Waals surface area contributed by atoms with Gasteiger partial charge in [-0.3, -0.25) is 9.89 Å². The maximum absolute atomic E-state index is 12.3. The quantitative estimate of drug-likeness (QED) is 0.812. The summed E-state index contributed by atoms with van der Waals surface area (Å²) in [5.74, 6) is 0.524. The van der Waals surface area contributed by atoms with Gasteiger partial charge in [-0.05, 0) is 56.8 Å². The molecule has 0 bridgehead atoms. The van der Waals surface area contributed by atoms with Crippen LogP contribution in [0.15, 0.2) is 24.3 Å². The molecule has 3 rings (SSSR count). The predicted molar refractivity (Wildman–Crippen MR) is 90.5 cm³/mol. The van der Waals surface area contributed by atoms with E-state index in [1.165, 1.54) is 18.4 Å². The summed E-state index contributed by atoms with van der Waals surface area (Å²) >= 11 is 0. The summed E-state index contributed by atoms with van der Waals surface area (Å²) < 4.78 is 0. The van der Waals surface area contributed by atoms with Crippen molar-refractivity contribution in [2.75, 3.05) is 13.1 Å². The SMILES string of the molecule is Cc1n[nH]c(C)c1CNC(=O)c1ccc([C@@H]2CCCNC2)cc1. The zero-order valence-electron chi connectivity index (χ0n) is 13.8. The fraction of sp³-hybridized carbons (Fsp3) is 0.444. The van der Waals surface area contributed by atoms with Crippen LogP contribution in [0.5, 0.6) is 0 Å². The Kier molecular flexibility index (Phi) is 4.76. The van der Waals surface area contributed by atoms with Crippen molar-refractivity contribution in [2.24, 2.45) is 0 Å². The van der Waals surface area contributed by atoms with Gasteiger partial charge in [0.05, 0.1) is 5.69 Å². The molecular weight excluding hydrogens is 288 g/mol. The van der Waals surface area contributed by atoms with E-state index in [-0.39, 0.29) is 5.91 Å². The van der Waals surface area contributed by atoms with Crippen LogP contribution >= 0.6 is 0 Å². The fourth-order valence-electron chi connectivity index (χ4n) is 3.15. The lowest BCUT2D eigenvalue weighted by Gasteiger charge is -2.23. The second-order valence-electron chi connectivity index (χ2n) is 6.26. The van der Waals surface area contributed by atoms with E-state index >= 15 is 0 Å². The summed E-state index contributed by atoms with van der Waals surface area (Å²) in [5, 5.41) is 13.5. The number of H-pyrrole nitrogens is 1. The van der Waals surface area contributed by atoms with Crippen molar-refractivity contribution >= 4 is 5.91 Å². The zero-order valence-corrected chi connectivity index (χ0v) is 13.8. The van der Waals surface area contributed by atoms with Gasteiger partial charge in [0.15, 0.2) is 0 Å². The van der Waals surface area contributed by atoms with Gasteiger partial charge in [0, 0.05) is 29.9 Å². The first-order valence-corrected chi connectivity index (χ1v) is 8.24. The first-order chi connectivity index (χ1) is 11.1. The van der Waals surface area contributed by atoms with E-state index in [0.717, 1.165) is 30.0 Å². The molecule has 23 heavy (non-hydrogen) atoms. The molecule has 0 unspecified atom stereocenters. The number of hydrogen-bond acceptors (Lipinski definition) is 3. The van der Waals surface area contributed by atoms with Gasteiger partial charge in [-0.1, -0.05) is 12.1 Å². The molecule has 0 saturated carbocycles. The molecule has 5 heteroatoms.